The SMILES string of the molecule is COC1CC(CC(=O)O)N(C(=O)c2csc(C)c2C)C1. The quantitative estimate of drug-likeness (QED) is 0.924. The first-order chi connectivity index (χ1) is 9.43. The fraction of sp³-hybridized carbons (Fsp3) is 0.571. The van der Waals surface area contributed by atoms with Crippen molar-refractivity contribution < 1.29 is 19.4 Å². The van der Waals surface area contributed by atoms with E-state index in [4.69, 9.17) is 9.84 Å². The lowest BCUT2D eigenvalue weighted by molar-refractivity contribution is -0.137. The second kappa shape index (κ2) is 5.93. The normalized spacial score (nSPS) is 22.2. The lowest BCUT2D eigenvalue weighted by Gasteiger charge is -2.23. The molecule has 1 aromatic heterocycles. The number of methoxy groups -OCH3 is 1. The number of likely N-dealkylation sites (tertiary alicyclic amines) is 1. The molecule has 1 fully saturated rings. The van der Waals surface area contributed by atoms with E-state index in [0.29, 0.717) is 18.5 Å². The van der Waals surface area contributed by atoms with E-state index in [1.54, 1.807) is 23.3 Å². The molecule has 2 atom stereocenters. The summed E-state index contributed by atoms with van der Waals surface area (Å²) < 4.78 is 5.29. The number of carboxylic acids is 1. The van der Waals surface area contributed by atoms with Crippen LogP contribution >= 0.6 is 11.3 Å². The number of amides is 1. The molecule has 1 aliphatic heterocycles. The van der Waals surface area contributed by atoms with E-state index in [9.17, 15) is 9.59 Å². The van der Waals surface area contributed by atoms with Gasteiger partial charge < -0.3 is 14.7 Å². The topological polar surface area (TPSA) is 66.8 Å². The second-order valence-corrected chi connectivity index (χ2v) is 6.22. The van der Waals surface area contributed by atoms with Crippen LogP contribution in [0.15, 0.2) is 5.38 Å². The molecule has 0 saturated carbocycles. The molecule has 1 N–H and O–H groups in total. The van der Waals surface area contributed by atoms with E-state index in [-0.39, 0.29) is 24.5 Å². The van der Waals surface area contributed by atoms with Gasteiger partial charge in [0, 0.05) is 30.0 Å². The van der Waals surface area contributed by atoms with Crippen LogP contribution in [0.1, 0.15) is 33.6 Å². The summed E-state index contributed by atoms with van der Waals surface area (Å²) in [7, 11) is 1.59. The Labute approximate surface area is 122 Å². The zero-order chi connectivity index (χ0) is 14.9. The molecule has 6 heteroatoms. The average Bonchev–Trinajstić information content (AvgIpc) is 2.93. The molecule has 0 radical (unpaired) electrons. The van der Waals surface area contributed by atoms with Crippen LogP contribution in [0.3, 0.4) is 0 Å². The number of thiophene rings is 1. The van der Waals surface area contributed by atoms with Crippen LogP contribution in [0, 0.1) is 13.8 Å². The maximum absolute atomic E-state index is 12.6. The third kappa shape index (κ3) is 2.86. The monoisotopic (exact) mass is 297 g/mol. The first-order valence-electron chi connectivity index (χ1n) is 6.54. The van der Waals surface area contributed by atoms with Crippen LogP contribution in [0.4, 0.5) is 0 Å². The molecule has 1 aliphatic rings. The summed E-state index contributed by atoms with van der Waals surface area (Å²) in [5.74, 6) is -0.972. The van der Waals surface area contributed by atoms with Crippen LogP contribution in [-0.4, -0.2) is 47.7 Å². The smallest absolute Gasteiger partial charge is 0.305 e. The van der Waals surface area contributed by atoms with Gasteiger partial charge in [-0.15, -0.1) is 11.3 Å². The number of ether oxygens (including phenoxy) is 1. The molecule has 2 unspecified atom stereocenters. The molecule has 2 rings (SSSR count). The Morgan fingerprint density at radius 3 is 2.70 bits per heavy atom. The largest absolute Gasteiger partial charge is 0.481 e. The lowest BCUT2D eigenvalue weighted by atomic mass is 10.1. The number of hydrogen-bond acceptors (Lipinski definition) is 4. The predicted molar refractivity (Wildman–Crippen MR) is 76.3 cm³/mol. The maximum Gasteiger partial charge on any atom is 0.305 e. The number of carbonyl (C=O) groups excluding carboxylic acids is 1. The summed E-state index contributed by atoms with van der Waals surface area (Å²) in [6.07, 6.45) is 0.466. The Morgan fingerprint density at radius 2 is 2.20 bits per heavy atom. The molecule has 1 aromatic rings. The van der Waals surface area contributed by atoms with Crippen molar-refractivity contribution in [3.63, 3.8) is 0 Å². The highest BCUT2D eigenvalue weighted by atomic mass is 32.1. The van der Waals surface area contributed by atoms with E-state index >= 15 is 0 Å². The standard InChI is InChI=1S/C14H19NO4S/c1-8-9(2)20-7-12(8)14(18)15-6-11(19-3)4-10(15)5-13(16)17/h7,10-11H,4-6H2,1-3H3,(H,16,17). The number of aryl methyl sites for hydroxylation is 1. The van der Waals surface area contributed by atoms with Crippen LogP contribution in [-0.2, 0) is 9.53 Å². The number of nitrogens with zero attached hydrogens (tertiary/aromatic N) is 1. The summed E-state index contributed by atoms with van der Waals surface area (Å²) in [6, 6.07) is -0.287. The van der Waals surface area contributed by atoms with E-state index in [1.165, 1.54) is 0 Å². The van der Waals surface area contributed by atoms with Crippen molar-refractivity contribution in [2.24, 2.45) is 0 Å². The molecule has 1 saturated heterocycles. The van der Waals surface area contributed by atoms with Gasteiger partial charge in [0.15, 0.2) is 0 Å². The van der Waals surface area contributed by atoms with Gasteiger partial charge in [-0.3, -0.25) is 9.59 Å². The van der Waals surface area contributed by atoms with Gasteiger partial charge in [-0.1, -0.05) is 0 Å². The number of carboxylic acid groups (broad SMARTS) is 1. The van der Waals surface area contributed by atoms with Gasteiger partial charge in [-0.2, -0.15) is 0 Å². The fourth-order valence-corrected chi connectivity index (χ4v) is 3.43. The number of hydrogen-bond donors (Lipinski definition) is 1. The first-order valence-corrected chi connectivity index (χ1v) is 7.42. The first kappa shape index (κ1) is 15.0. The molecule has 110 valence electrons. The van der Waals surface area contributed by atoms with Crippen molar-refractivity contribution in [2.75, 3.05) is 13.7 Å². The van der Waals surface area contributed by atoms with Crippen molar-refractivity contribution >= 4 is 23.2 Å². The molecular weight excluding hydrogens is 278 g/mol. The third-order valence-electron chi connectivity index (χ3n) is 3.90. The minimum Gasteiger partial charge on any atom is -0.481 e. The molecule has 0 aromatic carbocycles. The maximum atomic E-state index is 12.6. The number of aliphatic carboxylic acids is 1. The van der Waals surface area contributed by atoms with Crippen molar-refractivity contribution in [1.29, 1.82) is 0 Å². The van der Waals surface area contributed by atoms with Crippen molar-refractivity contribution in [2.45, 2.75) is 38.8 Å². The van der Waals surface area contributed by atoms with Crippen molar-refractivity contribution in [3.8, 4) is 0 Å². The number of carbonyl (C=O) groups is 2. The molecule has 0 bridgehead atoms. The van der Waals surface area contributed by atoms with Crippen LogP contribution in [0.2, 0.25) is 0 Å². The molecule has 20 heavy (non-hydrogen) atoms. The lowest BCUT2D eigenvalue weighted by Crippen LogP contribution is -2.37. The Morgan fingerprint density at radius 1 is 1.50 bits per heavy atom. The summed E-state index contributed by atoms with van der Waals surface area (Å²) >= 11 is 1.54. The Balaban J connectivity index is 2.22. The zero-order valence-corrected chi connectivity index (χ0v) is 12.7. The van der Waals surface area contributed by atoms with Crippen LogP contribution < -0.4 is 0 Å². The molecule has 5 nitrogen and oxygen atoms in total. The average molecular weight is 297 g/mol. The van der Waals surface area contributed by atoms with Crippen molar-refractivity contribution in [3.05, 3.63) is 21.4 Å². The second-order valence-electron chi connectivity index (χ2n) is 5.13. The Kier molecular flexibility index (Phi) is 4.45. The van der Waals surface area contributed by atoms with Gasteiger partial charge in [0.05, 0.1) is 18.1 Å². The number of rotatable bonds is 4. The highest BCUT2D eigenvalue weighted by Crippen LogP contribution is 2.28. The van der Waals surface area contributed by atoms with Gasteiger partial charge in [-0.05, 0) is 25.8 Å². The highest BCUT2D eigenvalue weighted by Gasteiger charge is 2.37. The zero-order valence-electron chi connectivity index (χ0n) is 11.9. The Bertz CT molecular complexity index is 525. The molecule has 1 amide bonds. The van der Waals surface area contributed by atoms with Crippen molar-refractivity contribution in [1.82, 2.24) is 4.90 Å². The van der Waals surface area contributed by atoms with Gasteiger partial charge in [0.2, 0.25) is 0 Å². The minimum absolute atomic E-state index is 0.0340. The van der Waals surface area contributed by atoms with E-state index in [0.717, 1.165) is 10.4 Å². The third-order valence-corrected chi connectivity index (χ3v) is 4.91. The molecule has 0 spiro atoms. The Hall–Kier alpha value is -1.40. The van der Waals surface area contributed by atoms with E-state index < -0.39 is 5.97 Å². The van der Waals surface area contributed by atoms with Crippen LogP contribution in [0.25, 0.3) is 0 Å². The fourth-order valence-electron chi connectivity index (χ4n) is 2.57. The molecule has 0 aliphatic carbocycles. The summed E-state index contributed by atoms with van der Waals surface area (Å²) in [5, 5.41) is 10.8. The predicted octanol–water partition coefficient (Wildman–Crippen LogP) is 2.07. The summed E-state index contributed by atoms with van der Waals surface area (Å²) in [6.45, 7) is 4.37. The summed E-state index contributed by atoms with van der Waals surface area (Å²) in [4.78, 5) is 26.3. The van der Waals surface area contributed by atoms with Gasteiger partial charge >= 0.3 is 5.97 Å². The molecular formula is C14H19NO4S. The van der Waals surface area contributed by atoms with Gasteiger partial charge in [-0.25, -0.2) is 0 Å². The van der Waals surface area contributed by atoms with Crippen LogP contribution in [0.5, 0.6) is 0 Å². The summed E-state index contributed by atoms with van der Waals surface area (Å²) in [5.41, 5.74) is 1.66. The van der Waals surface area contributed by atoms with Gasteiger partial charge in [0.1, 0.15) is 0 Å². The van der Waals surface area contributed by atoms with E-state index in [1.807, 2.05) is 19.2 Å². The molecule has 2 heterocycles. The van der Waals surface area contributed by atoms with Gasteiger partial charge in [0.25, 0.3) is 5.91 Å². The minimum atomic E-state index is -0.886. The highest BCUT2D eigenvalue weighted by molar-refractivity contribution is 7.10. The van der Waals surface area contributed by atoms with E-state index in [2.05, 4.69) is 0 Å².